The molecule has 9 heteroatoms. The third kappa shape index (κ3) is 4.52. The minimum absolute atomic E-state index is 0.0889. The molecule has 0 bridgehead atoms. The number of halogens is 1. The van der Waals surface area contributed by atoms with Crippen LogP contribution in [0.15, 0.2) is 79.1 Å². The predicted octanol–water partition coefficient (Wildman–Crippen LogP) is 4.39. The molecule has 0 fully saturated rings. The standard InChI is InChI=1S/C24H17FN6O2/c25-20-8-3-16(21-9-10-22-23(28-21)30-31-29-22)12-19(20)24(32)27-17-4-6-18(7-5-17)33-14-15-2-1-11-26-13-15/h1-13H,14H2,(H,27,32)(H,28,29,30,31). The number of carbonyl (C=O) groups is 1. The van der Waals surface area contributed by atoms with Crippen LogP contribution in [0.3, 0.4) is 0 Å². The number of anilines is 1. The molecule has 5 aromatic rings. The molecule has 0 aliphatic heterocycles. The first-order valence-corrected chi connectivity index (χ1v) is 10.1. The smallest absolute Gasteiger partial charge is 0.258 e. The number of aromatic nitrogens is 5. The molecule has 33 heavy (non-hydrogen) atoms. The van der Waals surface area contributed by atoms with E-state index in [1.165, 1.54) is 12.1 Å². The van der Waals surface area contributed by atoms with Gasteiger partial charge in [-0.3, -0.25) is 9.78 Å². The van der Waals surface area contributed by atoms with Crippen LogP contribution in [-0.2, 0) is 6.61 Å². The van der Waals surface area contributed by atoms with Gasteiger partial charge in [0.05, 0.1) is 11.3 Å². The normalized spacial score (nSPS) is 10.8. The summed E-state index contributed by atoms with van der Waals surface area (Å²) in [6, 6.07) is 18.4. The number of fused-ring (bicyclic) bond motifs is 1. The Hall–Kier alpha value is -4.66. The molecule has 0 unspecified atom stereocenters. The number of aromatic amines is 1. The van der Waals surface area contributed by atoms with Crippen molar-refractivity contribution in [1.82, 2.24) is 25.4 Å². The molecule has 3 aromatic heterocycles. The van der Waals surface area contributed by atoms with Crippen molar-refractivity contribution < 1.29 is 13.9 Å². The van der Waals surface area contributed by atoms with Gasteiger partial charge in [-0.25, -0.2) is 14.5 Å². The molecule has 1 amide bonds. The van der Waals surface area contributed by atoms with Gasteiger partial charge in [-0.1, -0.05) is 11.3 Å². The van der Waals surface area contributed by atoms with E-state index in [1.54, 1.807) is 54.9 Å². The highest BCUT2D eigenvalue weighted by Gasteiger charge is 2.15. The zero-order valence-electron chi connectivity index (χ0n) is 17.2. The second-order valence-corrected chi connectivity index (χ2v) is 7.20. The first-order valence-electron chi connectivity index (χ1n) is 10.1. The number of H-pyrrole nitrogens is 1. The maximum atomic E-state index is 14.4. The number of benzene rings is 2. The third-order valence-electron chi connectivity index (χ3n) is 4.93. The number of nitrogens with zero attached hydrogens (tertiary/aromatic N) is 4. The molecule has 5 rings (SSSR count). The Morgan fingerprint density at radius 3 is 2.76 bits per heavy atom. The van der Waals surface area contributed by atoms with Crippen LogP contribution < -0.4 is 10.1 Å². The van der Waals surface area contributed by atoms with Gasteiger partial charge in [-0.15, -0.1) is 5.10 Å². The Morgan fingerprint density at radius 1 is 1.06 bits per heavy atom. The fraction of sp³-hybridized carbons (Fsp3) is 0.0417. The summed E-state index contributed by atoms with van der Waals surface area (Å²) in [5.41, 5.74) is 3.66. The molecule has 0 radical (unpaired) electrons. The molecule has 0 saturated heterocycles. The number of hydrogen-bond acceptors (Lipinski definition) is 6. The van der Waals surface area contributed by atoms with Crippen LogP contribution in [0.5, 0.6) is 5.75 Å². The highest BCUT2D eigenvalue weighted by molar-refractivity contribution is 6.05. The van der Waals surface area contributed by atoms with Gasteiger partial charge in [-0.05, 0) is 60.7 Å². The summed E-state index contributed by atoms with van der Waals surface area (Å²) in [6.07, 6.45) is 3.43. The molecule has 0 saturated carbocycles. The second kappa shape index (κ2) is 8.83. The van der Waals surface area contributed by atoms with Gasteiger partial charge >= 0.3 is 0 Å². The molecule has 2 N–H and O–H groups in total. The van der Waals surface area contributed by atoms with Gasteiger partial charge in [0, 0.05) is 29.2 Å². The third-order valence-corrected chi connectivity index (χ3v) is 4.93. The molecule has 0 atom stereocenters. The summed E-state index contributed by atoms with van der Waals surface area (Å²) < 4.78 is 20.1. The molecule has 0 aliphatic carbocycles. The quantitative estimate of drug-likeness (QED) is 0.406. The topological polar surface area (TPSA) is 106 Å². The van der Waals surface area contributed by atoms with Gasteiger partial charge in [-0.2, -0.15) is 0 Å². The van der Waals surface area contributed by atoms with Crippen LogP contribution >= 0.6 is 0 Å². The minimum atomic E-state index is -0.628. The number of rotatable bonds is 6. The zero-order chi connectivity index (χ0) is 22.6. The Labute approximate surface area is 187 Å². The highest BCUT2D eigenvalue weighted by atomic mass is 19.1. The van der Waals surface area contributed by atoms with Crippen molar-refractivity contribution in [2.24, 2.45) is 0 Å². The monoisotopic (exact) mass is 440 g/mol. The Morgan fingerprint density at radius 2 is 1.94 bits per heavy atom. The maximum Gasteiger partial charge on any atom is 0.258 e. The number of nitrogens with one attached hydrogen (secondary N) is 2. The molecular formula is C24H17FN6O2. The molecule has 3 heterocycles. The summed E-state index contributed by atoms with van der Waals surface area (Å²) in [5.74, 6) is -0.556. The number of pyridine rings is 2. The minimum Gasteiger partial charge on any atom is -0.489 e. The number of carbonyl (C=O) groups excluding carboxylic acids is 1. The number of ether oxygens (including phenoxy) is 1. The molecule has 0 aliphatic rings. The zero-order valence-corrected chi connectivity index (χ0v) is 17.2. The first-order chi connectivity index (χ1) is 16.2. The lowest BCUT2D eigenvalue weighted by Crippen LogP contribution is -2.14. The van der Waals surface area contributed by atoms with Crippen LogP contribution in [0.1, 0.15) is 15.9 Å². The molecule has 8 nitrogen and oxygen atoms in total. The summed E-state index contributed by atoms with van der Waals surface area (Å²) in [4.78, 5) is 21.2. The Balaban J connectivity index is 1.29. The van der Waals surface area contributed by atoms with E-state index in [4.69, 9.17) is 4.74 Å². The fourth-order valence-corrected chi connectivity index (χ4v) is 3.24. The van der Waals surface area contributed by atoms with E-state index in [1.807, 2.05) is 12.1 Å². The average molecular weight is 440 g/mol. The van der Waals surface area contributed by atoms with Gasteiger partial charge in [0.25, 0.3) is 5.91 Å². The summed E-state index contributed by atoms with van der Waals surface area (Å²) in [6.45, 7) is 0.381. The Bertz CT molecular complexity index is 1420. The van der Waals surface area contributed by atoms with Crippen molar-refractivity contribution in [2.45, 2.75) is 6.61 Å². The van der Waals surface area contributed by atoms with Crippen LogP contribution in [-0.4, -0.2) is 31.3 Å². The van der Waals surface area contributed by atoms with E-state index in [-0.39, 0.29) is 5.56 Å². The van der Waals surface area contributed by atoms with E-state index in [0.717, 1.165) is 5.56 Å². The summed E-state index contributed by atoms with van der Waals surface area (Å²) in [5, 5.41) is 13.0. The van der Waals surface area contributed by atoms with Crippen LogP contribution in [0, 0.1) is 5.82 Å². The maximum absolute atomic E-state index is 14.4. The first kappa shape index (κ1) is 20.3. The van der Waals surface area contributed by atoms with E-state index in [2.05, 4.69) is 30.7 Å². The fourth-order valence-electron chi connectivity index (χ4n) is 3.24. The van der Waals surface area contributed by atoms with Gasteiger partial charge in [0.15, 0.2) is 5.65 Å². The van der Waals surface area contributed by atoms with Gasteiger partial charge in [0.2, 0.25) is 0 Å². The average Bonchev–Trinajstić information content (AvgIpc) is 3.32. The van der Waals surface area contributed by atoms with E-state index < -0.39 is 11.7 Å². The SMILES string of the molecule is O=C(Nc1ccc(OCc2cccnc2)cc1)c1cc(-c2ccc3nn[nH]c3n2)ccc1F. The Kier molecular flexibility index (Phi) is 5.42. The predicted molar refractivity (Wildman–Crippen MR) is 120 cm³/mol. The number of amides is 1. The molecule has 162 valence electrons. The second-order valence-electron chi connectivity index (χ2n) is 7.20. The lowest BCUT2D eigenvalue weighted by atomic mass is 10.1. The summed E-state index contributed by atoms with van der Waals surface area (Å²) in [7, 11) is 0. The number of hydrogen-bond donors (Lipinski definition) is 2. The molecular weight excluding hydrogens is 423 g/mol. The van der Waals surface area contributed by atoms with Crippen molar-refractivity contribution in [3.63, 3.8) is 0 Å². The van der Waals surface area contributed by atoms with E-state index in [0.29, 0.717) is 40.5 Å². The highest BCUT2D eigenvalue weighted by Crippen LogP contribution is 2.23. The largest absolute Gasteiger partial charge is 0.489 e. The van der Waals surface area contributed by atoms with E-state index in [9.17, 15) is 9.18 Å². The van der Waals surface area contributed by atoms with Gasteiger partial charge in [0.1, 0.15) is 23.7 Å². The van der Waals surface area contributed by atoms with Crippen LogP contribution in [0.2, 0.25) is 0 Å². The lowest BCUT2D eigenvalue weighted by Gasteiger charge is -2.10. The van der Waals surface area contributed by atoms with E-state index >= 15 is 0 Å². The lowest BCUT2D eigenvalue weighted by molar-refractivity contribution is 0.102. The van der Waals surface area contributed by atoms with Gasteiger partial charge < -0.3 is 10.1 Å². The van der Waals surface area contributed by atoms with Crippen molar-refractivity contribution in [2.75, 3.05) is 5.32 Å². The van der Waals surface area contributed by atoms with Crippen LogP contribution in [0.25, 0.3) is 22.4 Å². The molecule has 0 spiro atoms. The van der Waals surface area contributed by atoms with Crippen molar-refractivity contribution in [1.29, 1.82) is 0 Å². The summed E-state index contributed by atoms with van der Waals surface area (Å²) >= 11 is 0. The van der Waals surface area contributed by atoms with Crippen LogP contribution in [0.4, 0.5) is 10.1 Å². The molecule has 2 aromatic carbocycles. The van der Waals surface area contributed by atoms with Crippen molar-refractivity contribution in [3.05, 3.63) is 96.1 Å². The van der Waals surface area contributed by atoms with Crippen molar-refractivity contribution >= 4 is 22.8 Å². The van der Waals surface area contributed by atoms with Crippen molar-refractivity contribution in [3.8, 4) is 17.0 Å².